The molecule has 1 aliphatic heterocycles. The molecular weight excluding hydrogens is 358 g/mol. The summed E-state index contributed by atoms with van der Waals surface area (Å²) in [5.74, 6) is 1.75. The number of non-ortho nitro benzene ring substituents is 1. The first kappa shape index (κ1) is 18.0. The lowest BCUT2D eigenvalue weighted by Crippen LogP contribution is -2.14. The van der Waals surface area contributed by atoms with Gasteiger partial charge >= 0.3 is 0 Å². The van der Waals surface area contributed by atoms with Crippen molar-refractivity contribution in [2.45, 2.75) is 12.4 Å². The predicted molar refractivity (Wildman–Crippen MR) is 99.0 cm³/mol. The van der Waals surface area contributed by atoms with Gasteiger partial charge in [0.2, 0.25) is 0 Å². The fourth-order valence-electron chi connectivity index (χ4n) is 2.46. The number of methoxy groups -OCH3 is 1. The summed E-state index contributed by atoms with van der Waals surface area (Å²) in [4.78, 5) is 15.0. The molecule has 136 valence electrons. The molecule has 0 aromatic heterocycles. The number of ether oxygens (including phenoxy) is 3. The van der Waals surface area contributed by atoms with Gasteiger partial charge in [0.25, 0.3) is 5.69 Å². The van der Waals surface area contributed by atoms with Crippen molar-refractivity contribution < 1.29 is 19.1 Å². The molecule has 0 amide bonds. The van der Waals surface area contributed by atoms with E-state index in [-0.39, 0.29) is 19.1 Å². The smallest absolute Gasteiger partial charge is 0.270 e. The summed E-state index contributed by atoms with van der Waals surface area (Å²) in [6.07, 6.45) is 0. The number of thioether (sulfide) groups is 1. The highest BCUT2D eigenvalue weighted by Gasteiger charge is 2.21. The zero-order valence-electron chi connectivity index (χ0n) is 14.0. The van der Waals surface area contributed by atoms with Crippen LogP contribution in [0.25, 0.3) is 0 Å². The van der Waals surface area contributed by atoms with Crippen LogP contribution in [0.15, 0.2) is 41.4 Å². The molecule has 1 heterocycles. The number of benzene rings is 2. The Morgan fingerprint density at radius 1 is 1.38 bits per heavy atom. The van der Waals surface area contributed by atoms with E-state index in [0.29, 0.717) is 33.5 Å². The molecule has 0 radical (unpaired) electrons. The Morgan fingerprint density at radius 2 is 2.15 bits per heavy atom. The van der Waals surface area contributed by atoms with Crippen LogP contribution in [-0.4, -0.2) is 24.0 Å². The number of rotatable bonds is 5. The second-order valence-corrected chi connectivity index (χ2v) is 6.39. The molecular formula is C17H17N3O5S. The maximum Gasteiger partial charge on any atom is 0.270 e. The van der Waals surface area contributed by atoms with Gasteiger partial charge in [-0.2, -0.15) is 0 Å². The van der Waals surface area contributed by atoms with E-state index in [9.17, 15) is 10.1 Å². The number of nitrogens with zero attached hydrogens (tertiary/aromatic N) is 2. The van der Waals surface area contributed by atoms with Crippen molar-refractivity contribution in [3.05, 3.63) is 57.6 Å². The van der Waals surface area contributed by atoms with Crippen molar-refractivity contribution in [1.29, 1.82) is 0 Å². The highest BCUT2D eigenvalue weighted by Crippen LogP contribution is 2.35. The molecule has 2 aromatic carbocycles. The van der Waals surface area contributed by atoms with Crippen LogP contribution in [0.3, 0.4) is 0 Å². The Hall–Kier alpha value is -2.78. The van der Waals surface area contributed by atoms with Gasteiger partial charge in [0.15, 0.2) is 12.0 Å². The third kappa shape index (κ3) is 4.24. The quantitative estimate of drug-likeness (QED) is 0.369. The summed E-state index contributed by atoms with van der Waals surface area (Å²) in [7, 11) is 1.59. The van der Waals surface area contributed by atoms with Crippen molar-refractivity contribution >= 4 is 28.3 Å². The van der Waals surface area contributed by atoms with Gasteiger partial charge in [-0.15, -0.1) is 0 Å². The van der Waals surface area contributed by atoms with Crippen LogP contribution in [0.2, 0.25) is 0 Å². The van der Waals surface area contributed by atoms with Crippen molar-refractivity contribution in [2.24, 2.45) is 10.7 Å². The van der Waals surface area contributed by atoms with Gasteiger partial charge in [0.1, 0.15) is 11.5 Å². The van der Waals surface area contributed by atoms with Crippen LogP contribution in [-0.2, 0) is 17.1 Å². The number of nitrogens with two attached hydrogens (primary N) is 1. The normalized spacial score (nSPS) is 13.7. The zero-order chi connectivity index (χ0) is 18.5. The van der Waals surface area contributed by atoms with E-state index in [1.165, 1.54) is 23.9 Å². The fraction of sp³-hybridized carbons (Fsp3) is 0.235. The molecule has 1 aliphatic rings. The molecule has 2 aromatic rings. The first-order valence-electron chi connectivity index (χ1n) is 7.68. The number of hydrogen-bond donors (Lipinski definition) is 1. The van der Waals surface area contributed by atoms with E-state index in [2.05, 4.69) is 4.99 Å². The monoisotopic (exact) mass is 375 g/mol. The van der Waals surface area contributed by atoms with Crippen LogP contribution in [0.5, 0.6) is 11.5 Å². The van der Waals surface area contributed by atoms with E-state index in [1.807, 2.05) is 0 Å². The predicted octanol–water partition coefficient (Wildman–Crippen LogP) is 3.35. The minimum atomic E-state index is -0.433. The first-order valence-corrected chi connectivity index (χ1v) is 8.67. The molecule has 0 aliphatic carbocycles. The summed E-state index contributed by atoms with van der Waals surface area (Å²) < 4.78 is 15.8. The topological polar surface area (TPSA) is 109 Å². The maximum atomic E-state index is 11.1. The lowest BCUT2D eigenvalue weighted by Gasteiger charge is -2.20. The Labute approximate surface area is 154 Å². The Balaban J connectivity index is 1.76. The van der Waals surface area contributed by atoms with E-state index >= 15 is 0 Å². The molecule has 0 fully saturated rings. The molecule has 0 bridgehead atoms. The molecule has 0 saturated carbocycles. The van der Waals surface area contributed by atoms with E-state index in [0.717, 1.165) is 5.75 Å². The summed E-state index contributed by atoms with van der Waals surface area (Å²) >= 11 is 1.28. The van der Waals surface area contributed by atoms with Crippen LogP contribution in [0.1, 0.15) is 11.1 Å². The molecule has 3 rings (SSSR count). The molecule has 9 heteroatoms. The number of hydrogen-bond acceptors (Lipinski definition) is 7. The average molecular weight is 375 g/mol. The molecule has 0 unspecified atom stereocenters. The third-order valence-corrected chi connectivity index (χ3v) is 4.51. The van der Waals surface area contributed by atoms with Gasteiger partial charge in [-0.25, -0.2) is 4.99 Å². The largest absolute Gasteiger partial charge is 0.497 e. The molecule has 0 saturated heterocycles. The summed E-state index contributed by atoms with van der Waals surface area (Å²) in [5, 5.41) is 11.5. The maximum absolute atomic E-state index is 11.1. The molecule has 26 heavy (non-hydrogen) atoms. The summed E-state index contributed by atoms with van der Waals surface area (Å²) in [6, 6.07) is 10.1. The summed E-state index contributed by atoms with van der Waals surface area (Å²) in [5.41, 5.74) is 8.02. The van der Waals surface area contributed by atoms with Gasteiger partial charge in [-0.3, -0.25) is 10.1 Å². The molecule has 2 N–H and O–H groups in total. The van der Waals surface area contributed by atoms with Gasteiger partial charge in [-0.1, -0.05) is 11.8 Å². The Morgan fingerprint density at radius 3 is 2.85 bits per heavy atom. The standard InChI is InChI=1S/C17H17N3O5S/c1-23-15-4-2-13(3-5-15)19-17(18)26-9-12-7-14(20(21)22)6-11-8-24-10-25-16(11)12/h2-7H,8-10H2,1H3,(H2,18,19). The summed E-state index contributed by atoms with van der Waals surface area (Å²) in [6.45, 7) is 0.405. The van der Waals surface area contributed by atoms with Crippen LogP contribution in [0, 0.1) is 10.1 Å². The van der Waals surface area contributed by atoms with Crippen LogP contribution in [0.4, 0.5) is 11.4 Å². The third-order valence-electron chi connectivity index (χ3n) is 3.67. The average Bonchev–Trinajstić information content (AvgIpc) is 2.66. The molecule has 0 atom stereocenters. The minimum absolute atomic E-state index is 0.000820. The highest BCUT2D eigenvalue weighted by molar-refractivity contribution is 8.13. The molecule has 8 nitrogen and oxygen atoms in total. The number of fused-ring (bicyclic) bond motifs is 1. The zero-order valence-corrected chi connectivity index (χ0v) is 14.8. The second kappa shape index (κ2) is 8.07. The first-order chi connectivity index (χ1) is 12.6. The number of nitro groups is 1. The Kier molecular flexibility index (Phi) is 5.59. The Bertz CT molecular complexity index is 839. The number of amidine groups is 1. The minimum Gasteiger partial charge on any atom is -0.497 e. The second-order valence-electron chi connectivity index (χ2n) is 5.40. The van der Waals surface area contributed by atoms with E-state index in [4.69, 9.17) is 19.9 Å². The van der Waals surface area contributed by atoms with Crippen molar-refractivity contribution in [3.63, 3.8) is 0 Å². The number of nitro benzene ring substituents is 1. The van der Waals surface area contributed by atoms with Gasteiger partial charge < -0.3 is 19.9 Å². The van der Waals surface area contributed by atoms with Crippen molar-refractivity contribution in [1.82, 2.24) is 0 Å². The lowest BCUT2D eigenvalue weighted by molar-refractivity contribution is -0.385. The van der Waals surface area contributed by atoms with Crippen LogP contribution >= 0.6 is 11.8 Å². The van der Waals surface area contributed by atoms with Gasteiger partial charge in [-0.05, 0) is 24.3 Å². The molecule has 0 spiro atoms. The lowest BCUT2D eigenvalue weighted by atomic mass is 10.1. The van der Waals surface area contributed by atoms with Crippen molar-refractivity contribution in [3.8, 4) is 11.5 Å². The fourth-order valence-corrected chi connectivity index (χ4v) is 3.15. The van der Waals surface area contributed by atoms with E-state index < -0.39 is 4.92 Å². The number of aliphatic imine (C=N–C) groups is 1. The van der Waals surface area contributed by atoms with E-state index in [1.54, 1.807) is 31.4 Å². The van der Waals surface area contributed by atoms with Gasteiger partial charge in [0, 0.05) is 29.0 Å². The van der Waals surface area contributed by atoms with Crippen molar-refractivity contribution in [2.75, 3.05) is 13.9 Å². The van der Waals surface area contributed by atoms with Crippen LogP contribution < -0.4 is 15.2 Å². The SMILES string of the molecule is COc1ccc(N=C(N)SCc2cc([N+](=O)[O-])cc3c2OCOC3)cc1. The van der Waals surface area contributed by atoms with Gasteiger partial charge in [0.05, 0.1) is 24.3 Å². The highest BCUT2D eigenvalue weighted by atomic mass is 32.2.